The van der Waals surface area contributed by atoms with E-state index >= 15 is 0 Å². The molecule has 0 aliphatic carbocycles. The predicted molar refractivity (Wildman–Crippen MR) is 92.0 cm³/mol. The van der Waals surface area contributed by atoms with Gasteiger partial charge in [0.05, 0.1) is 6.61 Å². The van der Waals surface area contributed by atoms with E-state index < -0.39 is 0 Å². The molecule has 2 nitrogen and oxygen atoms in total. The average Bonchev–Trinajstić information content (AvgIpc) is 2.43. The maximum absolute atomic E-state index is 5.34. The second-order valence-electron chi connectivity index (χ2n) is 4.79. The third-order valence-electron chi connectivity index (χ3n) is 2.87. The molecule has 0 bridgehead atoms. The fraction of sp³-hybridized carbons (Fsp3) is 0.875. The van der Waals surface area contributed by atoms with Crippen LogP contribution in [0.1, 0.15) is 64.7 Å². The minimum atomic E-state index is 0.443. The Morgan fingerprint density at radius 3 is 2.16 bits per heavy atom. The molecule has 0 rings (SSSR count). The van der Waals surface area contributed by atoms with Crippen molar-refractivity contribution >= 4 is 22.6 Å². The van der Waals surface area contributed by atoms with Crippen molar-refractivity contribution in [2.45, 2.75) is 64.7 Å². The number of hydrogen-bond acceptors (Lipinski definition) is 2. The molecule has 0 aromatic carbocycles. The van der Waals surface area contributed by atoms with Gasteiger partial charge in [0.25, 0.3) is 0 Å². The monoisotopic (exact) mass is 382 g/mol. The van der Waals surface area contributed by atoms with Crippen LogP contribution in [0.15, 0.2) is 12.2 Å². The normalized spacial score (nSPS) is 11.5. The molecule has 0 unspecified atom stereocenters. The highest BCUT2D eigenvalue weighted by atomic mass is 127. The van der Waals surface area contributed by atoms with Crippen LogP contribution in [0, 0.1) is 0 Å². The number of rotatable bonds is 15. The molecular weight excluding hydrogens is 351 g/mol. The zero-order valence-electron chi connectivity index (χ0n) is 12.5. The van der Waals surface area contributed by atoms with Gasteiger partial charge in [-0.2, -0.15) is 0 Å². The lowest BCUT2D eigenvalue weighted by Crippen LogP contribution is -2.01. The largest absolute Gasteiger partial charge is 0.355 e. The van der Waals surface area contributed by atoms with Crippen molar-refractivity contribution in [1.82, 2.24) is 0 Å². The van der Waals surface area contributed by atoms with Crippen molar-refractivity contribution in [1.29, 1.82) is 0 Å². The lowest BCUT2D eigenvalue weighted by atomic mass is 10.1. The van der Waals surface area contributed by atoms with Gasteiger partial charge in [-0.25, -0.2) is 0 Å². The van der Waals surface area contributed by atoms with Crippen LogP contribution in [0.4, 0.5) is 0 Å². The molecule has 0 amide bonds. The van der Waals surface area contributed by atoms with E-state index in [1.807, 2.05) is 0 Å². The van der Waals surface area contributed by atoms with Crippen molar-refractivity contribution in [3.63, 3.8) is 0 Å². The van der Waals surface area contributed by atoms with Gasteiger partial charge in [0.2, 0.25) is 0 Å². The smallest absolute Gasteiger partial charge is 0.146 e. The maximum Gasteiger partial charge on any atom is 0.146 e. The molecular formula is C16H31IO2. The van der Waals surface area contributed by atoms with Crippen LogP contribution in [-0.2, 0) is 9.47 Å². The molecule has 0 heterocycles. The van der Waals surface area contributed by atoms with E-state index in [1.165, 1.54) is 49.4 Å². The van der Waals surface area contributed by atoms with Crippen LogP contribution in [0.5, 0.6) is 0 Å². The predicted octanol–water partition coefficient (Wildman–Crippen LogP) is 5.50. The summed E-state index contributed by atoms with van der Waals surface area (Å²) in [6.45, 7) is 4.12. The molecule has 0 aromatic heterocycles. The van der Waals surface area contributed by atoms with E-state index in [0.717, 1.165) is 26.1 Å². The van der Waals surface area contributed by atoms with E-state index in [0.29, 0.717) is 6.79 Å². The van der Waals surface area contributed by atoms with Gasteiger partial charge in [0.15, 0.2) is 0 Å². The van der Waals surface area contributed by atoms with Crippen LogP contribution in [0.3, 0.4) is 0 Å². The third kappa shape index (κ3) is 18.4. The average molecular weight is 382 g/mol. The zero-order valence-corrected chi connectivity index (χ0v) is 14.7. The number of ether oxygens (including phenoxy) is 2. The summed E-state index contributed by atoms with van der Waals surface area (Å²) < 4.78 is 11.9. The summed E-state index contributed by atoms with van der Waals surface area (Å²) in [7, 11) is 0. The van der Waals surface area contributed by atoms with Crippen molar-refractivity contribution in [2.75, 3.05) is 24.4 Å². The van der Waals surface area contributed by atoms with Gasteiger partial charge in [-0.1, -0.05) is 67.3 Å². The lowest BCUT2D eigenvalue weighted by molar-refractivity contribution is -0.0519. The van der Waals surface area contributed by atoms with E-state index in [2.05, 4.69) is 41.7 Å². The first-order valence-electron chi connectivity index (χ1n) is 7.78. The Morgan fingerprint density at radius 1 is 0.789 bits per heavy atom. The molecule has 0 saturated heterocycles. The standard InChI is InChI=1S/C16H31IO2/c1-2-14-18-16-19-15-12-10-8-6-4-3-5-7-9-11-13-17/h8,10H,2-7,9,11-16H2,1H3. The minimum Gasteiger partial charge on any atom is -0.355 e. The first-order valence-corrected chi connectivity index (χ1v) is 9.30. The van der Waals surface area contributed by atoms with E-state index in [4.69, 9.17) is 9.47 Å². The van der Waals surface area contributed by atoms with Crippen LogP contribution in [-0.4, -0.2) is 24.4 Å². The van der Waals surface area contributed by atoms with Gasteiger partial charge in [0.1, 0.15) is 6.79 Å². The molecule has 0 spiro atoms. The highest BCUT2D eigenvalue weighted by Gasteiger charge is 1.90. The third-order valence-corrected chi connectivity index (χ3v) is 3.63. The first-order chi connectivity index (χ1) is 9.41. The van der Waals surface area contributed by atoms with Crippen molar-refractivity contribution in [3.8, 4) is 0 Å². The zero-order chi connectivity index (χ0) is 14.0. The van der Waals surface area contributed by atoms with Crippen LogP contribution >= 0.6 is 22.6 Å². The highest BCUT2D eigenvalue weighted by molar-refractivity contribution is 14.1. The molecule has 0 atom stereocenters. The summed E-state index contributed by atoms with van der Waals surface area (Å²) in [5.41, 5.74) is 0. The number of halogens is 1. The molecule has 0 N–H and O–H groups in total. The van der Waals surface area contributed by atoms with Gasteiger partial charge >= 0.3 is 0 Å². The molecule has 0 aliphatic rings. The van der Waals surface area contributed by atoms with E-state index in [9.17, 15) is 0 Å². The summed E-state index contributed by atoms with van der Waals surface area (Å²) in [5, 5.41) is 0. The summed E-state index contributed by atoms with van der Waals surface area (Å²) >= 11 is 2.46. The van der Waals surface area contributed by atoms with Gasteiger partial charge < -0.3 is 9.47 Å². The Hall–Kier alpha value is 0.390. The first kappa shape index (κ1) is 19.4. The van der Waals surface area contributed by atoms with Crippen LogP contribution in [0.25, 0.3) is 0 Å². The Kier molecular flexibility index (Phi) is 18.8. The van der Waals surface area contributed by atoms with Crippen LogP contribution < -0.4 is 0 Å². The Labute approximate surface area is 133 Å². The van der Waals surface area contributed by atoms with E-state index in [-0.39, 0.29) is 0 Å². The summed E-state index contributed by atoms with van der Waals surface area (Å²) in [6.07, 6.45) is 16.1. The van der Waals surface area contributed by atoms with E-state index in [1.54, 1.807) is 0 Å². The summed E-state index contributed by atoms with van der Waals surface area (Å²) in [5.74, 6) is 0. The summed E-state index contributed by atoms with van der Waals surface area (Å²) in [6, 6.07) is 0. The second kappa shape index (κ2) is 18.4. The topological polar surface area (TPSA) is 18.5 Å². The molecule has 114 valence electrons. The van der Waals surface area contributed by atoms with Gasteiger partial charge in [-0.15, -0.1) is 0 Å². The fourth-order valence-electron chi connectivity index (χ4n) is 1.77. The van der Waals surface area contributed by atoms with Crippen molar-refractivity contribution in [2.24, 2.45) is 0 Å². The number of alkyl halides is 1. The molecule has 0 aromatic rings. The molecule has 0 radical (unpaired) electrons. The summed E-state index contributed by atoms with van der Waals surface area (Å²) in [4.78, 5) is 0. The van der Waals surface area contributed by atoms with Gasteiger partial charge in [-0.05, 0) is 36.5 Å². The lowest BCUT2D eigenvalue weighted by Gasteiger charge is -2.02. The maximum atomic E-state index is 5.34. The van der Waals surface area contributed by atoms with Gasteiger partial charge in [0, 0.05) is 6.61 Å². The van der Waals surface area contributed by atoms with Gasteiger partial charge in [-0.3, -0.25) is 0 Å². The Balaban J connectivity index is 3.01. The number of hydrogen-bond donors (Lipinski definition) is 0. The molecule has 0 fully saturated rings. The van der Waals surface area contributed by atoms with Crippen LogP contribution in [0.2, 0.25) is 0 Å². The fourth-order valence-corrected chi connectivity index (χ4v) is 2.31. The van der Waals surface area contributed by atoms with Crippen molar-refractivity contribution < 1.29 is 9.47 Å². The quantitative estimate of drug-likeness (QED) is 0.122. The molecule has 0 aliphatic heterocycles. The minimum absolute atomic E-state index is 0.443. The molecule has 19 heavy (non-hydrogen) atoms. The molecule has 3 heteroatoms. The number of allylic oxidation sites excluding steroid dienone is 1. The van der Waals surface area contributed by atoms with Crippen molar-refractivity contribution in [3.05, 3.63) is 12.2 Å². The Morgan fingerprint density at radius 2 is 1.42 bits per heavy atom. The SMILES string of the molecule is CCCOCOCCC=CCCCCCCCCI. The molecule has 0 saturated carbocycles. The Bertz CT molecular complexity index is 184. The second-order valence-corrected chi connectivity index (χ2v) is 5.87. The number of unbranched alkanes of at least 4 members (excludes halogenated alkanes) is 6. The highest BCUT2D eigenvalue weighted by Crippen LogP contribution is 2.08.